The van der Waals surface area contributed by atoms with Crippen molar-refractivity contribution in [2.75, 3.05) is 20.3 Å². The highest BCUT2D eigenvalue weighted by Crippen LogP contribution is 2.38. The fraction of sp³-hybridized carbons (Fsp3) is 0.625. The lowest BCUT2D eigenvalue weighted by atomic mass is 10.0. The van der Waals surface area contributed by atoms with E-state index in [2.05, 4.69) is 28.9 Å². The molecule has 2 rings (SSSR count). The molecule has 0 aliphatic carbocycles. The molecule has 0 aromatic heterocycles. The first-order valence-corrected chi connectivity index (χ1v) is 8.29. The topological polar surface area (TPSA) is 53.7 Å². The van der Waals surface area contributed by atoms with Crippen LogP contribution in [-0.2, 0) is 11.2 Å². The van der Waals surface area contributed by atoms with Gasteiger partial charge < -0.3 is 19.9 Å². The first-order chi connectivity index (χ1) is 10.1. The molecule has 1 fully saturated rings. The van der Waals surface area contributed by atoms with Gasteiger partial charge in [0.25, 0.3) is 0 Å². The Hall–Kier alpha value is -0.780. The van der Waals surface area contributed by atoms with Crippen LogP contribution in [0, 0.1) is 0 Å². The van der Waals surface area contributed by atoms with Gasteiger partial charge in [0.1, 0.15) is 6.10 Å². The van der Waals surface area contributed by atoms with Gasteiger partial charge in [-0.25, -0.2) is 0 Å². The number of halogens is 1. The Morgan fingerprint density at radius 3 is 2.90 bits per heavy atom. The van der Waals surface area contributed by atoms with Crippen molar-refractivity contribution in [1.29, 1.82) is 0 Å². The summed E-state index contributed by atoms with van der Waals surface area (Å²) in [4.78, 5) is 0. The summed E-state index contributed by atoms with van der Waals surface area (Å²) in [6.45, 7) is 3.56. The smallest absolute Gasteiger partial charge is 0.175 e. The third kappa shape index (κ3) is 4.59. The van der Waals surface area contributed by atoms with Gasteiger partial charge in [0, 0.05) is 12.6 Å². The van der Waals surface area contributed by atoms with Gasteiger partial charge in [-0.3, -0.25) is 0 Å². The third-order valence-corrected chi connectivity index (χ3v) is 4.30. The third-order valence-electron chi connectivity index (χ3n) is 3.71. The maximum Gasteiger partial charge on any atom is 0.175 e. The Bertz CT molecular complexity index is 461. The predicted octanol–water partition coefficient (Wildman–Crippen LogP) is 3.30. The second-order valence-electron chi connectivity index (χ2n) is 5.44. The second kappa shape index (κ2) is 8.01. The minimum Gasteiger partial charge on any atom is -0.493 e. The molecule has 0 bridgehead atoms. The van der Waals surface area contributed by atoms with Gasteiger partial charge >= 0.3 is 0 Å². The van der Waals surface area contributed by atoms with E-state index in [1.807, 2.05) is 6.07 Å². The van der Waals surface area contributed by atoms with Gasteiger partial charge in [-0.05, 0) is 59.3 Å². The summed E-state index contributed by atoms with van der Waals surface area (Å²) in [6, 6.07) is 4.25. The average Bonchev–Trinajstić information content (AvgIpc) is 2.50. The normalized spacial score (nSPS) is 20.1. The van der Waals surface area contributed by atoms with E-state index in [0.717, 1.165) is 53.8 Å². The van der Waals surface area contributed by atoms with Crippen molar-refractivity contribution in [2.24, 2.45) is 5.73 Å². The van der Waals surface area contributed by atoms with Crippen LogP contribution in [0.15, 0.2) is 16.6 Å². The molecule has 0 amide bonds. The lowest BCUT2D eigenvalue weighted by Crippen LogP contribution is -2.28. The predicted molar refractivity (Wildman–Crippen MR) is 87.1 cm³/mol. The number of hydrogen-bond donors (Lipinski definition) is 1. The summed E-state index contributed by atoms with van der Waals surface area (Å²) in [5, 5.41) is 0. The molecule has 4 nitrogen and oxygen atoms in total. The molecular weight excluding hydrogens is 334 g/mol. The van der Waals surface area contributed by atoms with Crippen LogP contribution in [0.25, 0.3) is 0 Å². The summed E-state index contributed by atoms with van der Waals surface area (Å²) < 4.78 is 17.9. The first-order valence-electron chi connectivity index (χ1n) is 7.50. The highest BCUT2D eigenvalue weighted by Gasteiger charge is 2.20. The van der Waals surface area contributed by atoms with Gasteiger partial charge in [-0.15, -0.1) is 0 Å². The lowest BCUT2D eigenvalue weighted by molar-refractivity contribution is 0.00610. The van der Waals surface area contributed by atoms with E-state index in [1.165, 1.54) is 0 Å². The van der Waals surface area contributed by atoms with Crippen molar-refractivity contribution in [2.45, 2.75) is 44.8 Å². The number of benzene rings is 1. The van der Waals surface area contributed by atoms with Crippen molar-refractivity contribution in [3.63, 3.8) is 0 Å². The molecule has 1 aliphatic rings. The van der Waals surface area contributed by atoms with Crippen molar-refractivity contribution >= 4 is 15.9 Å². The van der Waals surface area contributed by atoms with E-state index in [0.29, 0.717) is 6.61 Å². The summed E-state index contributed by atoms with van der Waals surface area (Å²) in [5.74, 6) is 1.50. The first kappa shape index (κ1) is 16.6. The fourth-order valence-corrected chi connectivity index (χ4v) is 3.01. The summed E-state index contributed by atoms with van der Waals surface area (Å²) >= 11 is 3.59. The van der Waals surface area contributed by atoms with E-state index < -0.39 is 0 Å². The monoisotopic (exact) mass is 357 g/mol. The molecule has 1 saturated heterocycles. The van der Waals surface area contributed by atoms with Crippen LogP contribution in [0.3, 0.4) is 0 Å². The number of rotatable bonds is 6. The van der Waals surface area contributed by atoms with Crippen molar-refractivity contribution in [3.05, 3.63) is 22.2 Å². The van der Waals surface area contributed by atoms with Crippen LogP contribution < -0.4 is 15.2 Å². The lowest BCUT2D eigenvalue weighted by Gasteiger charge is -2.25. The van der Waals surface area contributed by atoms with Gasteiger partial charge in [0.15, 0.2) is 11.5 Å². The highest BCUT2D eigenvalue weighted by atomic mass is 79.9. The largest absolute Gasteiger partial charge is 0.493 e. The van der Waals surface area contributed by atoms with Crippen molar-refractivity contribution < 1.29 is 14.2 Å². The average molecular weight is 358 g/mol. The van der Waals surface area contributed by atoms with Crippen LogP contribution in [0.5, 0.6) is 11.5 Å². The maximum absolute atomic E-state index is 6.07. The second-order valence-corrected chi connectivity index (χ2v) is 6.29. The van der Waals surface area contributed by atoms with Crippen LogP contribution >= 0.6 is 15.9 Å². The zero-order valence-electron chi connectivity index (χ0n) is 12.7. The van der Waals surface area contributed by atoms with Crippen LogP contribution in [-0.4, -0.2) is 32.5 Å². The number of nitrogens with two attached hydrogens (primary N) is 1. The molecule has 118 valence electrons. The molecule has 2 atom stereocenters. The standard InChI is InChI=1S/C16H24BrNO3/c1-3-12(18)7-11-8-14(17)16(15(9-11)19-2)21-13-5-4-6-20-10-13/h8-9,12-13H,3-7,10,18H2,1-2H3. The number of methoxy groups -OCH3 is 1. The highest BCUT2D eigenvalue weighted by molar-refractivity contribution is 9.10. The van der Waals surface area contributed by atoms with E-state index in [-0.39, 0.29) is 12.1 Å². The number of hydrogen-bond acceptors (Lipinski definition) is 4. The Labute approximate surface area is 135 Å². The fourth-order valence-electron chi connectivity index (χ4n) is 2.42. The van der Waals surface area contributed by atoms with Gasteiger partial charge in [-0.2, -0.15) is 0 Å². The summed E-state index contributed by atoms with van der Waals surface area (Å²) in [6.07, 6.45) is 3.93. The van der Waals surface area contributed by atoms with Crippen molar-refractivity contribution in [3.8, 4) is 11.5 Å². The molecule has 0 saturated carbocycles. The molecular formula is C16H24BrNO3. The molecule has 1 aromatic carbocycles. The quantitative estimate of drug-likeness (QED) is 0.848. The Morgan fingerprint density at radius 1 is 1.48 bits per heavy atom. The molecule has 1 heterocycles. The zero-order valence-corrected chi connectivity index (χ0v) is 14.3. The van der Waals surface area contributed by atoms with Crippen molar-refractivity contribution in [1.82, 2.24) is 0 Å². The Balaban J connectivity index is 2.16. The van der Waals surface area contributed by atoms with E-state index in [9.17, 15) is 0 Å². The van der Waals surface area contributed by atoms with E-state index in [4.69, 9.17) is 19.9 Å². The van der Waals surface area contributed by atoms with Gasteiger partial charge in [0.05, 0.1) is 18.2 Å². The summed E-state index contributed by atoms with van der Waals surface area (Å²) in [7, 11) is 1.66. The Morgan fingerprint density at radius 2 is 2.29 bits per heavy atom. The minimum absolute atomic E-state index is 0.0905. The Kier molecular flexibility index (Phi) is 6.33. The van der Waals surface area contributed by atoms with E-state index >= 15 is 0 Å². The minimum atomic E-state index is 0.0905. The van der Waals surface area contributed by atoms with E-state index in [1.54, 1.807) is 7.11 Å². The van der Waals surface area contributed by atoms with Gasteiger partial charge in [-0.1, -0.05) is 6.92 Å². The van der Waals surface area contributed by atoms with Crippen LogP contribution in [0.4, 0.5) is 0 Å². The molecule has 1 aromatic rings. The van der Waals surface area contributed by atoms with Gasteiger partial charge in [0.2, 0.25) is 0 Å². The molecule has 2 N–H and O–H groups in total. The maximum atomic E-state index is 6.07. The summed E-state index contributed by atoms with van der Waals surface area (Å²) in [5.41, 5.74) is 7.18. The SMILES string of the molecule is CCC(N)Cc1cc(Br)c(OC2CCCOC2)c(OC)c1. The van der Waals surface area contributed by atoms with Crippen LogP contribution in [0.2, 0.25) is 0 Å². The molecule has 5 heteroatoms. The molecule has 2 unspecified atom stereocenters. The molecule has 21 heavy (non-hydrogen) atoms. The zero-order chi connectivity index (χ0) is 15.2. The molecule has 0 radical (unpaired) electrons. The molecule has 0 spiro atoms. The molecule has 1 aliphatic heterocycles. The number of ether oxygens (including phenoxy) is 3. The van der Waals surface area contributed by atoms with Crippen LogP contribution in [0.1, 0.15) is 31.7 Å².